The summed E-state index contributed by atoms with van der Waals surface area (Å²) in [6, 6.07) is 3.26. The van der Waals surface area contributed by atoms with E-state index in [4.69, 9.17) is 5.73 Å². The van der Waals surface area contributed by atoms with Crippen LogP contribution in [0.4, 0.5) is 14.5 Å². The second-order valence-corrected chi connectivity index (χ2v) is 5.76. The van der Waals surface area contributed by atoms with Crippen LogP contribution in [0.1, 0.15) is 12.8 Å². The maximum absolute atomic E-state index is 13.3. The Kier molecular flexibility index (Phi) is 3.82. The largest absolute Gasteiger partial charge is 0.340 e. The van der Waals surface area contributed by atoms with Gasteiger partial charge in [0, 0.05) is 37.4 Å². The molecule has 2 aliphatic rings. The standard InChI is InChI=1S/C15H17F2N3O2/c16-12-2-1-10(7-13(12)17)20-6-4-11(15(20)22)14(21)19-5-3-9(18)8-19/h1-2,7,9,11H,3-6,8,18H2/t9-,11-/m0/s1. The van der Waals surface area contributed by atoms with Gasteiger partial charge in [-0.1, -0.05) is 0 Å². The SMILES string of the molecule is N[C@H]1CCN(C(=O)[C@@H]2CCN(c3ccc(F)c(F)c3)C2=O)C1. The van der Waals surface area contributed by atoms with Gasteiger partial charge in [-0.25, -0.2) is 8.78 Å². The summed E-state index contributed by atoms with van der Waals surface area (Å²) in [5.74, 6) is -3.31. The van der Waals surface area contributed by atoms with Crippen molar-refractivity contribution in [1.82, 2.24) is 4.90 Å². The van der Waals surface area contributed by atoms with Crippen LogP contribution < -0.4 is 10.6 Å². The molecule has 2 heterocycles. The van der Waals surface area contributed by atoms with Crippen LogP contribution in [-0.4, -0.2) is 42.4 Å². The molecule has 0 unspecified atom stereocenters. The predicted octanol–water partition coefficient (Wildman–Crippen LogP) is 0.877. The molecule has 0 aromatic heterocycles. The number of nitrogens with zero attached hydrogens (tertiary/aromatic N) is 2. The number of halogens is 2. The minimum Gasteiger partial charge on any atom is -0.340 e. The molecule has 7 heteroatoms. The highest BCUT2D eigenvalue weighted by Crippen LogP contribution is 2.28. The van der Waals surface area contributed by atoms with Crippen molar-refractivity contribution in [2.45, 2.75) is 18.9 Å². The molecular formula is C15H17F2N3O2. The van der Waals surface area contributed by atoms with E-state index in [1.54, 1.807) is 4.90 Å². The third kappa shape index (κ3) is 2.56. The van der Waals surface area contributed by atoms with Gasteiger partial charge in [0.1, 0.15) is 5.92 Å². The highest BCUT2D eigenvalue weighted by Gasteiger charge is 2.41. The summed E-state index contributed by atoms with van der Waals surface area (Å²) in [4.78, 5) is 27.8. The molecule has 2 fully saturated rings. The number of carbonyl (C=O) groups excluding carboxylic acids is 2. The molecule has 2 amide bonds. The van der Waals surface area contributed by atoms with E-state index in [2.05, 4.69) is 0 Å². The van der Waals surface area contributed by atoms with E-state index in [9.17, 15) is 18.4 Å². The van der Waals surface area contributed by atoms with Crippen LogP contribution in [-0.2, 0) is 9.59 Å². The quantitative estimate of drug-likeness (QED) is 0.825. The van der Waals surface area contributed by atoms with Crippen molar-refractivity contribution in [2.75, 3.05) is 24.5 Å². The van der Waals surface area contributed by atoms with Gasteiger partial charge in [-0.2, -0.15) is 0 Å². The Morgan fingerprint density at radius 1 is 1.18 bits per heavy atom. The maximum Gasteiger partial charge on any atom is 0.239 e. The summed E-state index contributed by atoms with van der Waals surface area (Å²) in [6.45, 7) is 1.35. The third-order valence-corrected chi connectivity index (χ3v) is 4.25. The summed E-state index contributed by atoms with van der Waals surface area (Å²) >= 11 is 0. The van der Waals surface area contributed by atoms with E-state index in [0.717, 1.165) is 18.6 Å². The zero-order valence-electron chi connectivity index (χ0n) is 12.0. The van der Waals surface area contributed by atoms with Crippen molar-refractivity contribution in [3.8, 4) is 0 Å². The summed E-state index contributed by atoms with van der Waals surface area (Å²) in [6.07, 6.45) is 1.11. The lowest BCUT2D eigenvalue weighted by molar-refractivity contribution is -0.139. The van der Waals surface area contributed by atoms with Crippen molar-refractivity contribution < 1.29 is 18.4 Å². The second kappa shape index (κ2) is 5.64. The number of rotatable bonds is 2. The number of anilines is 1. The number of carbonyl (C=O) groups is 2. The van der Waals surface area contributed by atoms with Crippen molar-refractivity contribution in [2.24, 2.45) is 11.7 Å². The highest BCUT2D eigenvalue weighted by atomic mass is 19.2. The number of amides is 2. The fourth-order valence-corrected chi connectivity index (χ4v) is 3.03. The summed E-state index contributed by atoms with van der Waals surface area (Å²) in [7, 11) is 0. The molecule has 2 atom stereocenters. The predicted molar refractivity (Wildman–Crippen MR) is 76.0 cm³/mol. The van der Waals surface area contributed by atoms with Gasteiger partial charge in [-0.15, -0.1) is 0 Å². The topological polar surface area (TPSA) is 66.6 Å². The molecule has 118 valence electrons. The lowest BCUT2D eigenvalue weighted by atomic mass is 10.1. The monoisotopic (exact) mass is 309 g/mol. The van der Waals surface area contributed by atoms with Gasteiger partial charge in [0.25, 0.3) is 0 Å². The fraction of sp³-hybridized carbons (Fsp3) is 0.467. The Bertz CT molecular complexity index is 623. The molecule has 2 saturated heterocycles. The van der Waals surface area contributed by atoms with E-state index in [-0.39, 0.29) is 23.5 Å². The second-order valence-electron chi connectivity index (χ2n) is 5.76. The zero-order valence-corrected chi connectivity index (χ0v) is 12.0. The van der Waals surface area contributed by atoms with Crippen molar-refractivity contribution in [3.05, 3.63) is 29.8 Å². The van der Waals surface area contributed by atoms with E-state index in [1.807, 2.05) is 0 Å². The Labute approximate surface area is 126 Å². The number of hydrogen-bond acceptors (Lipinski definition) is 3. The molecule has 0 saturated carbocycles. The highest BCUT2D eigenvalue weighted by molar-refractivity contribution is 6.09. The van der Waals surface area contributed by atoms with E-state index >= 15 is 0 Å². The molecular weight excluding hydrogens is 292 g/mol. The van der Waals surface area contributed by atoms with Crippen LogP contribution in [0.2, 0.25) is 0 Å². The minimum atomic E-state index is -1.01. The third-order valence-electron chi connectivity index (χ3n) is 4.25. The van der Waals surface area contributed by atoms with Crippen LogP contribution >= 0.6 is 0 Å². The molecule has 1 aromatic rings. The van der Waals surface area contributed by atoms with Crippen molar-refractivity contribution in [3.63, 3.8) is 0 Å². The van der Waals surface area contributed by atoms with Crippen LogP contribution in [0.3, 0.4) is 0 Å². The summed E-state index contributed by atoms with van der Waals surface area (Å²) < 4.78 is 26.3. The van der Waals surface area contributed by atoms with Crippen LogP contribution in [0.25, 0.3) is 0 Å². The lowest BCUT2D eigenvalue weighted by Gasteiger charge is -2.20. The average molecular weight is 309 g/mol. The molecule has 5 nitrogen and oxygen atoms in total. The first-order valence-corrected chi connectivity index (χ1v) is 7.28. The molecule has 22 heavy (non-hydrogen) atoms. The molecule has 2 N–H and O–H groups in total. The van der Waals surface area contributed by atoms with Crippen LogP contribution in [0.5, 0.6) is 0 Å². The molecule has 0 spiro atoms. The van der Waals surface area contributed by atoms with Gasteiger partial charge in [0.05, 0.1) is 0 Å². The molecule has 2 aliphatic heterocycles. The van der Waals surface area contributed by atoms with E-state index < -0.39 is 17.6 Å². The summed E-state index contributed by atoms with van der Waals surface area (Å²) in [5.41, 5.74) is 6.05. The number of hydrogen-bond donors (Lipinski definition) is 1. The zero-order chi connectivity index (χ0) is 15.9. The fourth-order valence-electron chi connectivity index (χ4n) is 3.03. The summed E-state index contributed by atoms with van der Waals surface area (Å²) in [5, 5.41) is 0. The Morgan fingerprint density at radius 2 is 1.95 bits per heavy atom. The van der Waals surface area contributed by atoms with Crippen molar-refractivity contribution >= 4 is 17.5 Å². The lowest BCUT2D eigenvalue weighted by Crippen LogP contribution is -2.40. The first kappa shape index (κ1) is 14.9. The van der Waals surface area contributed by atoms with Gasteiger partial charge in [-0.05, 0) is 25.0 Å². The molecule has 0 bridgehead atoms. The Balaban J connectivity index is 1.74. The molecule has 0 radical (unpaired) electrons. The number of likely N-dealkylation sites (tertiary alicyclic amines) is 1. The number of nitrogens with two attached hydrogens (primary N) is 1. The van der Waals surface area contributed by atoms with Gasteiger partial charge in [0.2, 0.25) is 11.8 Å². The Hall–Kier alpha value is -2.02. The average Bonchev–Trinajstić information content (AvgIpc) is 3.08. The minimum absolute atomic E-state index is 0.0391. The first-order chi connectivity index (χ1) is 10.5. The van der Waals surface area contributed by atoms with Crippen molar-refractivity contribution in [1.29, 1.82) is 0 Å². The number of benzene rings is 1. The molecule has 0 aliphatic carbocycles. The first-order valence-electron chi connectivity index (χ1n) is 7.28. The van der Waals surface area contributed by atoms with E-state index in [0.29, 0.717) is 26.1 Å². The van der Waals surface area contributed by atoms with Gasteiger partial charge in [-0.3, -0.25) is 9.59 Å². The van der Waals surface area contributed by atoms with Gasteiger partial charge >= 0.3 is 0 Å². The normalized spacial score (nSPS) is 25.1. The maximum atomic E-state index is 13.3. The Morgan fingerprint density at radius 3 is 2.59 bits per heavy atom. The molecule has 3 rings (SSSR count). The van der Waals surface area contributed by atoms with E-state index in [1.165, 1.54) is 11.0 Å². The van der Waals surface area contributed by atoms with Gasteiger partial charge in [0.15, 0.2) is 11.6 Å². The smallest absolute Gasteiger partial charge is 0.239 e. The van der Waals surface area contributed by atoms with Gasteiger partial charge < -0.3 is 15.5 Å². The molecule has 1 aromatic carbocycles. The van der Waals surface area contributed by atoms with Crippen LogP contribution in [0.15, 0.2) is 18.2 Å². The van der Waals surface area contributed by atoms with Crippen LogP contribution in [0, 0.1) is 17.6 Å².